The predicted molar refractivity (Wildman–Crippen MR) is 91.6 cm³/mol. The van der Waals surface area contributed by atoms with E-state index in [1.807, 2.05) is 30.3 Å². The standard InChI is InChI=1S/C17H23N5O/c1-10-15(11(2)22-21-10)9-19-17(23)8-14-5-3-12-7-13(18)4-6-16(12)20-14/h3-7,10-11,15,21-22H,8-9,18H2,1-2H3,(H,19,23). The van der Waals surface area contributed by atoms with E-state index in [0.29, 0.717) is 30.2 Å². The summed E-state index contributed by atoms with van der Waals surface area (Å²) in [6.07, 6.45) is 0.288. The Balaban J connectivity index is 1.60. The van der Waals surface area contributed by atoms with E-state index in [4.69, 9.17) is 5.73 Å². The van der Waals surface area contributed by atoms with E-state index in [-0.39, 0.29) is 12.3 Å². The fourth-order valence-electron chi connectivity index (χ4n) is 3.01. The van der Waals surface area contributed by atoms with Crippen LogP contribution in [0.2, 0.25) is 0 Å². The summed E-state index contributed by atoms with van der Waals surface area (Å²) in [7, 11) is 0. The number of pyridine rings is 1. The molecule has 1 aromatic carbocycles. The fraction of sp³-hybridized carbons (Fsp3) is 0.412. The maximum atomic E-state index is 12.2. The zero-order chi connectivity index (χ0) is 16.4. The number of hydrogen-bond acceptors (Lipinski definition) is 5. The molecule has 1 saturated heterocycles. The van der Waals surface area contributed by atoms with E-state index >= 15 is 0 Å². The molecule has 0 spiro atoms. The molecule has 2 atom stereocenters. The number of carbonyl (C=O) groups excluding carboxylic acids is 1. The average molecular weight is 313 g/mol. The molecule has 1 aromatic heterocycles. The van der Waals surface area contributed by atoms with Crippen molar-refractivity contribution in [1.29, 1.82) is 0 Å². The van der Waals surface area contributed by atoms with Gasteiger partial charge in [-0.1, -0.05) is 6.07 Å². The SMILES string of the molecule is CC1NNC(C)C1CNC(=O)Cc1ccc2cc(N)ccc2n1. The number of nitrogens with one attached hydrogen (secondary N) is 3. The van der Waals surface area contributed by atoms with Crippen molar-refractivity contribution in [2.75, 3.05) is 12.3 Å². The first kappa shape index (κ1) is 15.7. The van der Waals surface area contributed by atoms with Crippen LogP contribution in [0.5, 0.6) is 0 Å². The molecule has 0 radical (unpaired) electrons. The van der Waals surface area contributed by atoms with Crippen LogP contribution in [0.4, 0.5) is 5.69 Å². The van der Waals surface area contributed by atoms with Crippen molar-refractivity contribution in [2.45, 2.75) is 32.4 Å². The Morgan fingerprint density at radius 1 is 1.22 bits per heavy atom. The molecule has 2 aromatic rings. The first-order chi connectivity index (χ1) is 11.0. The summed E-state index contributed by atoms with van der Waals surface area (Å²) in [6, 6.07) is 10.1. The van der Waals surface area contributed by atoms with Crippen LogP contribution in [0.3, 0.4) is 0 Å². The molecule has 6 nitrogen and oxygen atoms in total. The average Bonchev–Trinajstić information content (AvgIpc) is 2.84. The minimum absolute atomic E-state index is 0.00130. The number of anilines is 1. The molecular formula is C17H23N5O. The largest absolute Gasteiger partial charge is 0.399 e. The topological polar surface area (TPSA) is 92.1 Å². The van der Waals surface area contributed by atoms with Gasteiger partial charge in [-0.3, -0.25) is 20.6 Å². The molecule has 122 valence electrons. The maximum Gasteiger partial charge on any atom is 0.226 e. The number of nitrogens with two attached hydrogens (primary N) is 1. The third-order valence-electron chi connectivity index (χ3n) is 4.47. The first-order valence-electron chi connectivity index (χ1n) is 7.96. The van der Waals surface area contributed by atoms with Crippen molar-refractivity contribution >= 4 is 22.5 Å². The lowest BCUT2D eigenvalue weighted by atomic mass is 9.97. The van der Waals surface area contributed by atoms with E-state index in [0.717, 1.165) is 16.6 Å². The highest BCUT2D eigenvalue weighted by Crippen LogP contribution is 2.16. The molecule has 1 aliphatic rings. The number of nitrogens with zero attached hydrogens (tertiary/aromatic N) is 1. The second-order valence-corrected chi connectivity index (χ2v) is 6.27. The molecule has 6 heteroatoms. The summed E-state index contributed by atoms with van der Waals surface area (Å²) < 4.78 is 0. The molecule has 0 saturated carbocycles. The van der Waals surface area contributed by atoms with Gasteiger partial charge in [0.2, 0.25) is 5.91 Å². The highest BCUT2D eigenvalue weighted by molar-refractivity contribution is 5.83. The quantitative estimate of drug-likeness (QED) is 0.632. The summed E-state index contributed by atoms with van der Waals surface area (Å²) in [5, 5.41) is 4.00. The van der Waals surface area contributed by atoms with E-state index in [1.165, 1.54) is 0 Å². The molecule has 23 heavy (non-hydrogen) atoms. The number of hydrogen-bond donors (Lipinski definition) is 4. The van der Waals surface area contributed by atoms with Gasteiger partial charge >= 0.3 is 0 Å². The molecular weight excluding hydrogens is 290 g/mol. The van der Waals surface area contributed by atoms with Gasteiger partial charge in [0.1, 0.15) is 0 Å². The van der Waals surface area contributed by atoms with Crippen LogP contribution in [0.15, 0.2) is 30.3 Å². The molecule has 5 N–H and O–H groups in total. The molecule has 2 heterocycles. The lowest BCUT2D eigenvalue weighted by Crippen LogP contribution is -2.37. The lowest BCUT2D eigenvalue weighted by Gasteiger charge is -2.18. The second kappa shape index (κ2) is 6.52. The van der Waals surface area contributed by atoms with Gasteiger partial charge in [0.05, 0.1) is 17.6 Å². The van der Waals surface area contributed by atoms with E-state index in [1.54, 1.807) is 0 Å². The third kappa shape index (κ3) is 3.60. The van der Waals surface area contributed by atoms with Crippen LogP contribution in [0.25, 0.3) is 10.9 Å². The molecule has 1 aliphatic heterocycles. The Morgan fingerprint density at radius 2 is 1.96 bits per heavy atom. The van der Waals surface area contributed by atoms with Crippen molar-refractivity contribution in [3.8, 4) is 0 Å². The molecule has 3 rings (SSSR count). The van der Waals surface area contributed by atoms with Crippen LogP contribution in [-0.2, 0) is 11.2 Å². The minimum atomic E-state index is -0.00130. The Labute approximate surface area is 135 Å². The fourth-order valence-corrected chi connectivity index (χ4v) is 3.01. The maximum absolute atomic E-state index is 12.2. The van der Waals surface area contributed by atoms with E-state index < -0.39 is 0 Å². The summed E-state index contributed by atoms with van der Waals surface area (Å²) in [5.41, 5.74) is 14.5. The van der Waals surface area contributed by atoms with Crippen LogP contribution in [0.1, 0.15) is 19.5 Å². The lowest BCUT2D eigenvalue weighted by molar-refractivity contribution is -0.120. The van der Waals surface area contributed by atoms with Gasteiger partial charge in [-0.05, 0) is 38.1 Å². The van der Waals surface area contributed by atoms with Gasteiger partial charge < -0.3 is 11.1 Å². The second-order valence-electron chi connectivity index (χ2n) is 6.27. The van der Waals surface area contributed by atoms with Crippen LogP contribution in [0, 0.1) is 5.92 Å². The number of benzene rings is 1. The van der Waals surface area contributed by atoms with Gasteiger partial charge in [-0.15, -0.1) is 0 Å². The highest BCUT2D eigenvalue weighted by Gasteiger charge is 2.29. The number of nitrogen functional groups attached to an aromatic ring is 1. The molecule has 1 fully saturated rings. The van der Waals surface area contributed by atoms with Crippen molar-refractivity contribution in [1.82, 2.24) is 21.2 Å². The molecule has 2 unspecified atom stereocenters. The zero-order valence-electron chi connectivity index (χ0n) is 13.5. The third-order valence-corrected chi connectivity index (χ3v) is 4.47. The Bertz CT molecular complexity index is 707. The van der Waals surface area contributed by atoms with Crippen molar-refractivity contribution < 1.29 is 4.79 Å². The number of fused-ring (bicyclic) bond motifs is 1. The monoisotopic (exact) mass is 313 g/mol. The van der Waals surface area contributed by atoms with E-state index in [2.05, 4.69) is 35.0 Å². The van der Waals surface area contributed by atoms with Crippen molar-refractivity contribution in [3.63, 3.8) is 0 Å². The summed E-state index contributed by atoms with van der Waals surface area (Å²) in [5.74, 6) is 0.380. The molecule has 0 bridgehead atoms. The Hall–Kier alpha value is -2.18. The number of carbonyl (C=O) groups is 1. The molecule has 0 aliphatic carbocycles. The number of aromatic nitrogens is 1. The summed E-state index contributed by atoms with van der Waals surface area (Å²) in [6.45, 7) is 4.89. The Kier molecular flexibility index (Phi) is 4.45. The van der Waals surface area contributed by atoms with Crippen LogP contribution in [-0.4, -0.2) is 29.5 Å². The number of rotatable bonds is 4. The number of hydrazine groups is 1. The van der Waals surface area contributed by atoms with Gasteiger partial charge in [0.25, 0.3) is 0 Å². The van der Waals surface area contributed by atoms with Gasteiger partial charge in [-0.2, -0.15) is 0 Å². The first-order valence-corrected chi connectivity index (χ1v) is 7.96. The zero-order valence-corrected chi connectivity index (χ0v) is 13.5. The molecule has 1 amide bonds. The smallest absolute Gasteiger partial charge is 0.226 e. The van der Waals surface area contributed by atoms with Crippen LogP contribution < -0.4 is 21.9 Å². The minimum Gasteiger partial charge on any atom is -0.399 e. The van der Waals surface area contributed by atoms with Crippen molar-refractivity contribution in [2.24, 2.45) is 5.92 Å². The van der Waals surface area contributed by atoms with Gasteiger partial charge in [0.15, 0.2) is 0 Å². The van der Waals surface area contributed by atoms with Gasteiger partial charge in [-0.25, -0.2) is 0 Å². The van der Waals surface area contributed by atoms with Crippen molar-refractivity contribution in [3.05, 3.63) is 36.0 Å². The van der Waals surface area contributed by atoms with Crippen LogP contribution >= 0.6 is 0 Å². The highest BCUT2D eigenvalue weighted by atomic mass is 16.1. The Morgan fingerprint density at radius 3 is 2.70 bits per heavy atom. The summed E-state index contributed by atoms with van der Waals surface area (Å²) in [4.78, 5) is 16.7. The number of amides is 1. The normalized spacial score (nSPS) is 24.0. The van der Waals surface area contributed by atoms with E-state index in [9.17, 15) is 4.79 Å². The predicted octanol–water partition coefficient (Wildman–Crippen LogP) is 0.977. The van der Waals surface area contributed by atoms with Gasteiger partial charge in [0, 0.05) is 35.6 Å². The summed E-state index contributed by atoms with van der Waals surface area (Å²) >= 11 is 0.